The van der Waals surface area contributed by atoms with E-state index in [1.807, 2.05) is 10.9 Å². The Morgan fingerprint density at radius 3 is 2.43 bits per heavy atom. The van der Waals surface area contributed by atoms with Gasteiger partial charge in [-0.05, 0) is 74.6 Å². The lowest BCUT2D eigenvalue weighted by Gasteiger charge is -2.30. The Kier molecular flexibility index (Phi) is 5.61. The lowest BCUT2D eigenvalue weighted by atomic mass is 9.90. The van der Waals surface area contributed by atoms with Crippen molar-refractivity contribution < 1.29 is 9.47 Å². The Morgan fingerprint density at radius 1 is 0.933 bits per heavy atom. The van der Waals surface area contributed by atoms with Gasteiger partial charge in [-0.2, -0.15) is 10.2 Å². The van der Waals surface area contributed by atoms with Crippen molar-refractivity contribution in [3.8, 4) is 11.1 Å². The molecule has 1 aromatic heterocycles. The zero-order valence-corrected chi connectivity index (χ0v) is 18.1. The van der Waals surface area contributed by atoms with Crippen LogP contribution in [0, 0.1) is 13.8 Å². The lowest BCUT2D eigenvalue weighted by Crippen LogP contribution is -2.35. The van der Waals surface area contributed by atoms with Crippen LogP contribution in [0.25, 0.3) is 11.1 Å². The molecule has 3 aliphatic heterocycles. The van der Waals surface area contributed by atoms with Crippen LogP contribution >= 0.6 is 0 Å². The third-order valence-electron chi connectivity index (χ3n) is 6.64. The van der Waals surface area contributed by atoms with E-state index in [-0.39, 0.29) is 12.5 Å². The molecule has 4 heterocycles. The normalized spacial score (nSPS) is 27.0. The topological polar surface area (TPSA) is 51.9 Å². The van der Waals surface area contributed by atoms with Gasteiger partial charge in [-0.1, -0.05) is 12.1 Å². The van der Waals surface area contributed by atoms with E-state index in [1.165, 1.54) is 41.5 Å². The molecule has 6 heteroatoms. The van der Waals surface area contributed by atoms with Gasteiger partial charge in [0, 0.05) is 37.1 Å². The summed E-state index contributed by atoms with van der Waals surface area (Å²) in [5.41, 5.74) is 6.36. The average molecular weight is 409 g/mol. The summed E-state index contributed by atoms with van der Waals surface area (Å²) in [6, 6.07) is 4.64. The summed E-state index contributed by atoms with van der Waals surface area (Å²) in [4.78, 5) is 0. The third-order valence-corrected chi connectivity index (χ3v) is 6.64. The second-order valence-electron chi connectivity index (χ2n) is 8.87. The molecule has 0 saturated carbocycles. The molecule has 0 amide bonds. The molecule has 0 bridgehead atoms. The Labute approximate surface area is 178 Å². The molecule has 2 fully saturated rings. The van der Waals surface area contributed by atoms with Gasteiger partial charge < -0.3 is 9.47 Å². The van der Waals surface area contributed by atoms with Gasteiger partial charge in [-0.15, -0.1) is 0 Å². The van der Waals surface area contributed by atoms with Gasteiger partial charge in [0.1, 0.15) is 12.5 Å². The zero-order valence-electron chi connectivity index (χ0n) is 18.1. The maximum absolute atomic E-state index is 5.92. The standard InChI is InChI=1S/C24H32N4O2/c1-17-11-22(20-14-26-28(16-20)24-8-4-6-10-30-24)18(2)12-21(17)19-13-25-27(15-19)23-7-3-5-9-29-23/h11-15,20,23-24H,3-10,16H2,1-2H3. The van der Waals surface area contributed by atoms with Crippen LogP contribution in [0.4, 0.5) is 0 Å². The molecule has 30 heavy (non-hydrogen) atoms. The molecule has 3 aliphatic rings. The fraction of sp³-hybridized carbons (Fsp3) is 0.583. The van der Waals surface area contributed by atoms with Gasteiger partial charge in [0.15, 0.2) is 0 Å². The van der Waals surface area contributed by atoms with Crippen molar-refractivity contribution in [2.24, 2.45) is 5.10 Å². The van der Waals surface area contributed by atoms with Crippen LogP contribution in [0.15, 0.2) is 29.6 Å². The first kappa shape index (κ1) is 19.8. The SMILES string of the molecule is Cc1cc(C2C=NN(C3CCCCO3)C2)c(C)cc1-c1cnn(C2CCCCO2)c1. The van der Waals surface area contributed by atoms with Gasteiger partial charge in [-0.3, -0.25) is 5.01 Å². The highest BCUT2D eigenvalue weighted by Gasteiger charge is 2.28. The van der Waals surface area contributed by atoms with Crippen molar-refractivity contribution in [1.29, 1.82) is 0 Å². The van der Waals surface area contributed by atoms with Gasteiger partial charge in [0.05, 0.1) is 12.7 Å². The van der Waals surface area contributed by atoms with Crippen LogP contribution in [0.2, 0.25) is 0 Å². The highest BCUT2D eigenvalue weighted by molar-refractivity contribution is 5.74. The van der Waals surface area contributed by atoms with Crippen LogP contribution in [0.3, 0.4) is 0 Å². The van der Waals surface area contributed by atoms with E-state index in [0.29, 0.717) is 5.92 Å². The Bertz CT molecular complexity index is 910. The molecular formula is C24H32N4O2. The van der Waals surface area contributed by atoms with Crippen LogP contribution in [-0.4, -0.2) is 47.0 Å². The Balaban J connectivity index is 1.33. The third kappa shape index (κ3) is 3.91. The van der Waals surface area contributed by atoms with Crippen LogP contribution in [0.5, 0.6) is 0 Å². The van der Waals surface area contributed by atoms with Crippen LogP contribution < -0.4 is 0 Å². The first-order valence-corrected chi connectivity index (χ1v) is 11.4. The average Bonchev–Trinajstić information content (AvgIpc) is 3.47. The van der Waals surface area contributed by atoms with Crippen molar-refractivity contribution >= 4 is 6.21 Å². The van der Waals surface area contributed by atoms with Gasteiger partial charge >= 0.3 is 0 Å². The maximum Gasteiger partial charge on any atom is 0.150 e. The van der Waals surface area contributed by atoms with E-state index in [4.69, 9.17) is 9.47 Å². The largest absolute Gasteiger partial charge is 0.357 e. The van der Waals surface area contributed by atoms with E-state index in [2.05, 4.69) is 53.6 Å². The molecule has 0 spiro atoms. The summed E-state index contributed by atoms with van der Waals surface area (Å²) in [6.45, 7) is 6.99. The molecule has 0 aliphatic carbocycles. The number of hydrogen-bond donors (Lipinski definition) is 0. The molecule has 0 N–H and O–H groups in total. The van der Waals surface area contributed by atoms with E-state index < -0.39 is 0 Å². The number of hydrazone groups is 1. The predicted octanol–water partition coefficient (Wildman–Crippen LogP) is 4.78. The minimum absolute atomic E-state index is 0.0795. The number of benzene rings is 1. The highest BCUT2D eigenvalue weighted by Crippen LogP contribution is 2.33. The Hall–Kier alpha value is -2.18. The summed E-state index contributed by atoms with van der Waals surface area (Å²) in [7, 11) is 0. The molecule has 5 rings (SSSR count). The van der Waals surface area contributed by atoms with Gasteiger partial charge in [-0.25, -0.2) is 4.68 Å². The number of aromatic nitrogens is 2. The summed E-state index contributed by atoms with van der Waals surface area (Å²) in [5, 5.41) is 11.4. The number of ether oxygens (including phenoxy) is 2. The van der Waals surface area contributed by atoms with E-state index in [9.17, 15) is 0 Å². The molecule has 2 aromatic rings. The van der Waals surface area contributed by atoms with Crippen LogP contribution in [0.1, 0.15) is 67.4 Å². The summed E-state index contributed by atoms with van der Waals surface area (Å²) >= 11 is 0. The number of nitrogens with zero attached hydrogens (tertiary/aromatic N) is 4. The van der Waals surface area contributed by atoms with Crippen molar-refractivity contribution in [3.63, 3.8) is 0 Å². The fourth-order valence-electron chi connectivity index (χ4n) is 4.91. The van der Waals surface area contributed by atoms with E-state index in [0.717, 1.165) is 44.6 Å². The maximum atomic E-state index is 5.92. The number of rotatable bonds is 4. The molecule has 6 nitrogen and oxygen atoms in total. The Morgan fingerprint density at radius 2 is 1.70 bits per heavy atom. The summed E-state index contributed by atoms with van der Waals surface area (Å²) in [5.74, 6) is 0.321. The highest BCUT2D eigenvalue weighted by atomic mass is 16.5. The lowest BCUT2D eigenvalue weighted by molar-refractivity contribution is -0.0816. The molecule has 2 saturated heterocycles. The minimum Gasteiger partial charge on any atom is -0.357 e. The zero-order chi connectivity index (χ0) is 20.5. The predicted molar refractivity (Wildman–Crippen MR) is 118 cm³/mol. The van der Waals surface area contributed by atoms with E-state index in [1.54, 1.807) is 0 Å². The smallest absolute Gasteiger partial charge is 0.150 e. The quantitative estimate of drug-likeness (QED) is 0.731. The van der Waals surface area contributed by atoms with Crippen molar-refractivity contribution in [2.45, 2.75) is 70.7 Å². The summed E-state index contributed by atoms with van der Waals surface area (Å²) < 4.78 is 13.8. The first-order valence-electron chi connectivity index (χ1n) is 11.4. The molecule has 3 atom stereocenters. The minimum atomic E-state index is 0.0795. The second-order valence-corrected chi connectivity index (χ2v) is 8.87. The van der Waals surface area contributed by atoms with Crippen molar-refractivity contribution in [1.82, 2.24) is 14.8 Å². The van der Waals surface area contributed by atoms with Crippen LogP contribution in [-0.2, 0) is 9.47 Å². The molecule has 0 radical (unpaired) electrons. The monoisotopic (exact) mass is 408 g/mol. The molecule has 3 unspecified atom stereocenters. The van der Waals surface area contributed by atoms with E-state index >= 15 is 0 Å². The summed E-state index contributed by atoms with van der Waals surface area (Å²) in [6.07, 6.45) is 13.3. The first-order chi connectivity index (χ1) is 14.7. The molecule has 1 aromatic carbocycles. The van der Waals surface area contributed by atoms with Crippen molar-refractivity contribution in [3.05, 3.63) is 41.2 Å². The van der Waals surface area contributed by atoms with Gasteiger partial charge in [0.2, 0.25) is 0 Å². The number of hydrogen-bond acceptors (Lipinski definition) is 5. The second kappa shape index (κ2) is 8.52. The molecule has 160 valence electrons. The van der Waals surface area contributed by atoms with Crippen molar-refractivity contribution in [2.75, 3.05) is 19.8 Å². The van der Waals surface area contributed by atoms with Gasteiger partial charge in [0.25, 0.3) is 0 Å². The molecular weight excluding hydrogens is 376 g/mol. The fourth-order valence-corrected chi connectivity index (χ4v) is 4.91. The number of aryl methyl sites for hydroxylation is 2.